The van der Waals surface area contributed by atoms with Crippen LogP contribution in [0.5, 0.6) is 11.5 Å². The molecular weight excluding hydrogens is 350 g/mol. The van der Waals surface area contributed by atoms with Gasteiger partial charge in [0.2, 0.25) is 4.96 Å². The van der Waals surface area contributed by atoms with E-state index in [2.05, 4.69) is 10.1 Å². The minimum atomic E-state index is -0.353. The summed E-state index contributed by atoms with van der Waals surface area (Å²) in [4.78, 5) is 17.0. The first kappa shape index (κ1) is 16.3. The van der Waals surface area contributed by atoms with Crippen molar-refractivity contribution in [3.63, 3.8) is 0 Å². The minimum absolute atomic E-state index is 0.176. The summed E-state index contributed by atoms with van der Waals surface area (Å²) < 4.78 is 1.67. The second-order valence-corrected chi connectivity index (χ2v) is 6.86. The van der Waals surface area contributed by atoms with Crippen LogP contribution in [0, 0.1) is 6.92 Å². The Kier molecular flexibility index (Phi) is 3.93. The van der Waals surface area contributed by atoms with Crippen LogP contribution in [0.4, 0.5) is 0 Å². The molecule has 7 heteroatoms. The monoisotopic (exact) mass is 365 g/mol. The quantitative estimate of drug-likeness (QED) is 0.582. The summed E-state index contributed by atoms with van der Waals surface area (Å²) in [6.45, 7) is 1.91. The smallest absolute Gasteiger partial charge is 0.296 e. The van der Waals surface area contributed by atoms with Gasteiger partial charge in [0.25, 0.3) is 5.56 Å². The molecule has 0 spiro atoms. The van der Waals surface area contributed by atoms with E-state index in [1.807, 2.05) is 18.4 Å². The lowest BCUT2D eigenvalue weighted by Gasteiger charge is -2.07. The Labute approximate surface area is 152 Å². The predicted molar refractivity (Wildman–Crippen MR) is 99.9 cm³/mol. The standard InChI is InChI=1S/C19H15N3O3S/c1-11-8-14(24)6-7-15(11)17-10-26-19-20-18(25)16(21-22(17)19)9-12-2-4-13(23)5-3-12/h2-8,10,23-24H,9H2,1H3. The van der Waals surface area contributed by atoms with Gasteiger partial charge in [-0.25, -0.2) is 4.52 Å². The summed E-state index contributed by atoms with van der Waals surface area (Å²) in [6.07, 6.45) is 0.332. The highest BCUT2D eigenvalue weighted by molar-refractivity contribution is 7.15. The number of nitrogens with zero attached hydrogens (tertiary/aromatic N) is 3. The fourth-order valence-electron chi connectivity index (χ4n) is 2.83. The van der Waals surface area contributed by atoms with E-state index in [1.165, 1.54) is 11.3 Å². The molecule has 2 aromatic heterocycles. The Morgan fingerprint density at radius 3 is 2.54 bits per heavy atom. The van der Waals surface area contributed by atoms with E-state index in [0.29, 0.717) is 17.1 Å². The maximum Gasteiger partial charge on any atom is 0.296 e. The first-order valence-electron chi connectivity index (χ1n) is 7.96. The molecule has 0 saturated carbocycles. The molecule has 0 aliphatic rings. The number of benzene rings is 2. The third kappa shape index (κ3) is 2.93. The molecular formula is C19H15N3O3S. The van der Waals surface area contributed by atoms with Gasteiger partial charge >= 0.3 is 0 Å². The Balaban J connectivity index is 1.82. The van der Waals surface area contributed by atoms with Crippen LogP contribution >= 0.6 is 11.3 Å². The van der Waals surface area contributed by atoms with Gasteiger partial charge in [-0.15, -0.1) is 11.3 Å². The third-order valence-electron chi connectivity index (χ3n) is 4.14. The summed E-state index contributed by atoms with van der Waals surface area (Å²) in [7, 11) is 0. The number of phenols is 2. The van der Waals surface area contributed by atoms with Gasteiger partial charge in [0, 0.05) is 17.4 Å². The zero-order valence-electron chi connectivity index (χ0n) is 13.9. The molecule has 0 atom stereocenters. The third-order valence-corrected chi connectivity index (χ3v) is 4.96. The zero-order chi connectivity index (χ0) is 18.3. The SMILES string of the molecule is Cc1cc(O)ccc1-c1csc2nc(=O)c(Cc3ccc(O)cc3)nn12. The average Bonchev–Trinajstić information content (AvgIpc) is 3.00. The van der Waals surface area contributed by atoms with E-state index in [4.69, 9.17) is 0 Å². The molecule has 2 N–H and O–H groups in total. The topological polar surface area (TPSA) is 87.7 Å². The van der Waals surface area contributed by atoms with Gasteiger partial charge in [-0.2, -0.15) is 10.1 Å². The summed E-state index contributed by atoms with van der Waals surface area (Å²) in [5, 5.41) is 25.4. The van der Waals surface area contributed by atoms with Crippen LogP contribution in [-0.4, -0.2) is 24.8 Å². The Morgan fingerprint density at radius 2 is 1.81 bits per heavy atom. The molecule has 0 aliphatic heterocycles. The Bertz CT molecular complexity index is 1160. The van der Waals surface area contributed by atoms with Crippen molar-refractivity contribution in [1.29, 1.82) is 0 Å². The molecule has 0 unspecified atom stereocenters. The number of aromatic hydroxyl groups is 2. The molecule has 0 bridgehead atoms. The highest BCUT2D eigenvalue weighted by Crippen LogP contribution is 2.29. The van der Waals surface area contributed by atoms with Gasteiger partial charge in [0.1, 0.15) is 17.2 Å². The number of fused-ring (bicyclic) bond motifs is 1. The van der Waals surface area contributed by atoms with E-state index in [-0.39, 0.29) is 17.1 Å². The maximum atomic E-state index is 12.3. The fraction of sp³-hybridized carbons (Fsp3) is 0.105. The molecule has 2 heterocycles. The van der Waals surface area contributed by atoms with Crippen molar-refractivity contribution in [2.75, 3.05) is 0 Å². The number of phenolic OH excluding ortho intramolecular Hbond substituents is 2. The molecule has 4 rings (SSSR count). The summed E-state index contributed by atoms with van der Waals surface area (Å²) in [5.74, 6) is 0.381. The van der Waals surface area contributed by atoms with Crippen molar-refractivity contribution >= 4 is 16.3 Å². The lowest BCUT2D eigenvalue weighted by atomic mass is 10.1. The minimum Gasteiger partial charge on any atom is -0.508 e. The second-order valence-electron chi connectivity index (χ2n) is 6.02. The van der Waals surface area contributed by atoms with E-state index < -0.39 is 0 Å². The van der Waals surface area contributed by atoms with Gasteiger partial charge in [0.05, 0.1) is 5.69 Å². The summed E-state index contributed by atoms with van der Waals surface area (Å²) >= 11 is 1.35. The zero-order valence-corrected chi connectivity index (χ0v) is 14.7. The molecule has 130 valence electrons. The van der Waals surface area contributed by atoms with Crippen LogP contribution in [0.1, 0.15) is 16.8 Å². The van der Waals surface area contributed by atoms with Crippen LogP contribution in [0.25, 0.3) is 16.2 Å². The van der Waals surface area contributed by atoms with Crippen molar-refractivity contribution in [2.45, 2.75) is 13.3 Å². The average molecular weight is 365 g/mol. The molecule has 0 amide bonds. The van der Waals surface area contributed by atoms with Crippen molar-refractivity contribution in [2.24, 2.45) is 0 Å². The first-order chi connectivity index (χ1) is 12.5. The summed E-state index contributed by atoms with van der Waals surface area (Å²) in [6, 6.07) is 11.8. The molecule has 2 aromatic carbocycles. The molecule has 0 fully saturated rings. The first-order valence-corrected chi connectivity index (χ1v) is 8.84. The van der Waals surface area contributed by atoms with Crippen LogP contribution < -0.4 is 5.56 Å². The highest BCUT2D eigenvalue weighted by atomic mass is 32.1. The normalized spacial score (nSPS) is 11.1. The number of rotatable bonds is 3. The van der Waals surface area contributed by atoms with Crippen molar-refractivity contribution in [1.82, 2.24) is 14.6 Å². The number of thiazole rings is 1. The van der Waals surface area contributed by atoms with Gasteiger partial charge in [0.15, 0.2) is 0 Å². The van der Waals surface area contributed by atoms with Gasteiger partial charge in [-0.05, 0) is 48.4 Å². The van der Waals surface area contributed by atoms with E-state index in [1.54, 1.807) is 40.9 Å². The Hall–Kier alpha value is -3.19. The molecule has 26 heavy (non-hydrogen) atoms. The van der Waals surface area contributed by atoms with Crippen molar-refractivity contribution in [3.8, 4) is 22.8 Å². The molecule has 6 nitrogen and oxygen atoms in total. The van der Waals surface area contributed by atoms with Crippen LogP contribution in [0.2, 0.25) is 0 Å². The van der Waals surface area contributed by atoms with Gasteiger partial charge < -0.3 is 10.2 Å². The maximum absolute atomic E-state index is 12.3. The number of hydrogen-bond donors (Lipinski definition) is 2. The number of aromatic nitrogens is 3. The van der Waals surface area contributed by atoms with Crippen LogP contribution in [0.3, 0.4) is 0 Å². The van der Waals surface area contributed by atoms with E-state index in [0.717, 1.165) is 22.4 Å². The lowest BCUT2D eigenvalue weighted by molar-refractivity contribution is 0.474. The molecule has 4 aromatic rings. The predicted octanol–water partition coefficient (Wildman–Crippen LogP) is 3.13. The van der Waals surface area contributed by atoms with Crippen molar-refractivity contribution < 1.29 is 10.2 Å². The second kappa shape index (κ2) is 6.27. The number of aryl methyl sites for hydroxylation is 1. The van der Waals surface area contributed by atoms with Gasteiger partial charge in [-0.3, -0.25) is 4.79 Å². The van der Waals surface area contributed by atoms with Crippen LogP contribution in [-0.2, 0) is 6.42 Å². The van der Waals surface area contributed by atoms with Gasteiger partial charge in [-0.1, -0.05) is 12.1 Å². The molecule has 0 saturated heterocycles. The Morgan fingerprint density at radius 1 is 1.08 bits per heavy atom. The summed E-state index contributed by atoms with van der Waals surface area (Å²) in [5.41, 5.74) is 3.50. The van der Waals surface area contributed by atoms with Crippen LogP contribution in [0.15, 0.2) is 52.6 Å². The lowest BCUT2D eigenvalue weighted by Crippen LogP contribution is -2.18. The fourth-order valence-corrected chi connectivity index (χ4v) is 3.65. The largest absolute Gasteiger partial charge is 0.508 e. The number of hydrogen-bond acceptors (Lipinski definition) is 6. The van der Waals surface area contributed by atoms with Crippen molar-refractivity contribution in [3.05, 3.63) is 75.0 Å². The van der Waals surface area contributed by atoms with E-state index in [9.17, 15) is 15.0 Å². The highest BCUT2D eigenvalue weighted by Gasteiger charge is 2.14. The molecule has 0 radical (unpaired) electrons. The van der Waals surface area contributed by atoms with E-state index >= 15 is 0 Å². The molecule has 0 aliphatic carbocycles.